The molecule has 0 saturated carbocycles. The maximum absolute atomic E-state index is 12.3. The van der Waals surface area contributed by atoms with Gasteiger partial charge in [0.2, 0.25) is 0 Å². The number of alkyl halides is 2. The minimum Gasteiger partial charge on any atom is -0.493 e. The van der Waals surface area contributed by atoms with Gasteiger partial charge in [0.1, 0.15) is 0 Å². The topological polar surface area (TPSA) is 76.7 Å². The monoisotopic (exact) mass is 446 g/mol. The number of carbonyl (C=O) groups excluding carboxylic acids is 2. The van der Waals surface area contributed by atoms with Gasteiger partial charge in [-0.25, -0.2) is 0 Å². The highest BCUT2D eigenvalue weighted by molar-refractivity contribution is 9.11. The van der Waals surface area contributed by atoms with E-state index < -0.39 is 18.4 Å². The third-order valence-corrected chi connectivity index (χ3v) is 4.55. The SMILES string of the molecule is COc1cc(/C=C/C(=O)NNC(=O)c2ccc(Br)s2)ccc1OC(F)F. The highest BCUT2D eigenvalue weighted by Gasteiger charge is 2.11. The third-order valence-electron chi connectivity index (χ3n) is 2.93. The Balaban J connectivity index is 1.93. The smallest absolute Gasteiger partial charge is 0.387 e. The Morgan fingerprint density at radius 3 is 2.58 bits per heavy atom. The van der Waals surface area contributed by atoms with E-state index in [9.17, 15) is 18.4 Å². The molecule has 0 aliphatic rings. The molecule has 26 heavy (non-hydrogen) atoms. The second-order valence-corrected chi connectivity index (χ2v) is 7.13. The quantitative estimate of drug-likeness (QED) is 0.524. The van der Waals surface area contributed by atoms with Crippen molar-refractivity contribution < 1.29 is 27.8 Å². The number of benzene rings is 1. The molecule has 2 amide bonds. The van der Waals surface area contributed by atoms with Crippen molar-refractivity contribution in [3.63, 3.8) is 0 Å². The normalized spacial score (nSPS) is 10.8. The van der Waals surface area contributed by atoms with Crippen LogP contribution in [0.3, 0.4) is 0 Å². The molecule has 0 atom stereocenters. The van der Waals surface area contributed by atoms with Crippen molar-refractivity contribution in [3.8, 4) is 11.5 Å². The molecule has 0 aliphatic carbocycles. The van der Waals surface area contributed by atoms with E-state index in [0.29, 0.717) is 10.4 Å². The molecular weight excluding hydrogens is 434 g/mol. The van der Waals surface area contributed by atoms with E-state index >= 15 is 0 Å². The first kappa shape index (κ1) is 19.9. The summed E-state index contributed by atoms with van der Waals surface area (Å²) in [5, 5.41) is 0. The molecule has 2 rings (SSSR count). The lowest BCUT2D eigenvalue weighted by Gasteiger charge is -2.10. The Kier molecular flexibility index (Phi) is 7.10. The van der Waals surface area contributed by atoms with E-state index in [1.165, 1.54) is 48.8 Å². The maximum atomic E-state index is 12.3. The van der Waals surface area contributed by atoms with Gasteiger partial charge in [-0.1, -0.05) is 6.07 Å². The average Bonchev–Trinajstić information content (AvgIpc) is 3.04. The summed E-state index contributed by atoms with van der Waals surface area (Å²) in [6.07, 6.45) is 2.60. The van der Waals surface area contributed by atoms with Gasteiger partial charge in [0.05, 0.1) is 15.8 Å². The lowest BCUT2D eigenvalue weighted by molar-refractivity contribution is -0.117. The number of carbonyl (C=O) groups is 2. The number of hydrogen-bond donors (Lipinski definition) is 2. The van der Waals surface area contributed by atoms with Gasteiger partial charge in [-0.15, -0.1) is 11.3 Å². The first-order chi connectivity index (χ1) is 12.4. The maximum Gasteiger partial charge on any atom is 0.387 e. The fourth-order valence-electron chi connectivity index (χ4n) is 1.81. The van der Waals surface area contributed by atoms with Crippen molar-refractivity contribution >= 4 is 45.2 Å². The Morgan fingerprint density at radius 2 is 1.96 bits per heavy atom. The van der Waals surface area contributed by atoms with Crippen LogP contribution in [-0.4, -0.2) is 25.5 Å². The van der Waals surface area contributed by atoms with Crippen molar-refractivity contribution in [2.45, 2.75) is 6.61 Å². The van der Waals surface area contributed by atoms with Crippen LogP contribution in [0.25, 0.3) is 6.08 Å². The van der Waals surface area contributed by atoms with E-state index in [1.807, 2.05) is 0 Å². The number of rotatable bonds is 6. The van der Waals surface area contributed by atoms with Crippen LogP contribution in [0, 0.1) is 0 Å². The summed E-state index contributed by atoms with van der Waals surface area (Å²) in [6.45, 7) is -2.97. The number of amides is 2. The molecule has 2 aromatic rings. The molecule has 1 aromatic carbocycles. The van der Waals surface area contributed by atoms with Crippen LogP contribution in [0.4, 0.5) is 8.78 Å². The Morgan fingerprint density at radius 1 is 1.19 bits per heavy atom. The van der Waals surface area contributed by atoms with Gasteiger partial charge < -0.3 is 9.47 Å². The van der Waals surface area contributed by atoms with Gasteiger partial charge in [-0.05, 0) is 51.8 Å². The van der Waals surface area contributed by atoms with Gasteiger partial charge in [-0.3, -0.25) is 20.4 Å². The molecule has 2 N–H and O–H groups in total. The van der Waals surface area contributed by atoms with Crippen molar-refractivity contribution in [1.82, 2.24) is 10.9 Å². The minimum atomic E-state index is -2.97. The second-order valence-electron chi connectivity index (χ2n) is 4.67. The number of thiophene rings is 1. The van der Waals surface area contributed by atoms with Crippen LogP contribution < -0.4 is 20.3 Å². The summed E-state index contributed by atoms with van der Waals surface area (Å²) in [5.74, 6) is -1.03. The number of hydrazine groups is 1. The largest absolute Gasteiger partial charge is 0.493 e. The van der Waals surface area contributed by atoms with Crippen LogP contribution in [0.15, 0.2) is 40.2 Å². The van der Waals surface area contributed by atoms with Gasteiger partial charge >= 0.3 is 6.61 Å². The first-order valence-corrected chi connectivity index (χ1v) is 8.66. The zero-order chi connectivity index (χ0) is 19.1. The molecule has 138 valence electrons. The third kappa shape index (κ3) is 5.81. The van der Waals surface area contributed by atoms with Gasteiger partial charge in [-0.2, -0.15) is 8.78 Å². The highest BCUT2D eigenvalue weighted by Crippen LogP contribution is 2.29. The summed E-state index contributed by atoms with van der Waals surface area (Å²) in [6, 6.07) is 7.55. The lowest BCUT2D eigenvalue weighted by Crippen LogP contribution is -2.40. The number of nitrogens with one attached hydrogen (secondary N) is 2. The molecule has 0 spiro atoms. The molecule has 0 radical (unpaired) electrons. The predicted octanol–water partition coefficient (Wildman–Crippen LogP) is 3.60. The molecule has 0 aliphatic heterocycles. The van der Waals surface area contributed by atoms with E-state index in [-0.39, 0.29) is 11.5 Å². The molecule has 6 nitrogen and oxygen atoms in total. The molecule has 0 saturated heterocycles. The fourth-order valence-corrected chi connectivity index (χ4v) is 3.09. The molecule has 0 fully saturated rings. The highest BCUT2D eigenvalue weighted by atomic mass is 79.9. The fraction of sp³-hybridized carbons (Fsp3) is 0.125. The molecule has 1 heterocycles. The second kappa shape index (κ2) is 9.30. The zero-order valence-corrected chi connectivity index (χ0v) is 15.7. The van der Waals surface area contributed by atoms with Crippen LogP contribution in [0.1, 0.15) is 15.2 Å². The van der Waals surface area contributed by atoms with Crippen LogP contribution >= 0.6 is 27.3 Å². The van der Waals surface area contributed by atoms with Crippen molar-refractivity contribution in [1.29, 1.82) is 0 Å². The number of hydrogen-bond acceptors (Lipinski definition) is 5. The summed E-state index contributed by atoms with van der Waals surface area (Å²) in [4.78, 5) is 24.0. The van der Waals surface area contributed by atoms with Crippen molar-refractivity contribution in [3.05, 3.63) is 50.6 Å². The lowest BCUT2D eigenvalue weighted by atomic mass is 10.2. The summed E-state index contributed by atoms with van der Waals surface area (Å²) >= 11 is 4.46. The Labute approximate surface area is 159 Å². The van der Waals surface area contributed by atoms with Gasteiger partial charge in [0, 0.05) is 6.08 Å². The van der Waals surface area contributed by atoms with Gasteiger partial charge in [0.25, 0.3) is 11.8 Å². The first-order valence-electron chi connectivity index (χ1n) is 7.05. The summed E-state index contributed by atoms with van der Waals surface area (Å²) < 4.78 is 34.6. The van der Waals surface area contributed by atoms with Crippen molar-refractivity contribution in [2.75, 3.05) is 7.11 Å². The van der Waals surface area contributed by atoms with E-state index in [4.69, 9.17) is 4.74 Å². The average molecular weight is 447 g/mol. The molecule has 0 bridgehead atoms. The Bertz CT molecular complexity index is 826. The number of halogens is 3. The molecule has 10 heteroatoms. The van der Waals surface area contributed by atoms with E-state index in [0.717, 1.165) is 3.79 Å². The predicted molar refractivity (Wildman–Crippen MR) is 96.3 cm³/mol. The standard InChI is InChI=1S/C16H13BrF2N2O4S/c1-24-11-8-9(2-4-10(11)25-16(18)19)3-7-14(22)20-21-15(23)12-5-6-13(17)26-12/h2-8,16H,1H3,(H,20,22)(H,21,23)/b7-3+. The molecule has 0 unspecified atom stereocenters. The van der Waals surface area contributed by atoms with E-state index in [2.05, 4.69) is 31.5 Å². The van der Waals surface area contributed by atoms with E-state index in [1.54, 1.807) is 12.1 Å². The molecular formula is C16H13BrF2N2O4S. The van der Waals surface area contributed by atoms with Crippen molar-refractivity contribution in [2.24, 2.45) is 0 Å². The zero-order valence-electron chi connectivity index (χ0n) is 13.3. The summed E-state index contributed by atoms with van der Waals surface area (Å²) in [5.41, 5.74) is 5.03. The Hall–Kier alpha value is -2.46. The number of methoxy groups -OCH3 is 1. The van der Waals surface area contributed by atoms with Gasteiger partial charge in [0.15, 0.2) is 11.5 Å². The minimum absolute atomic E-state index is 0.101. The van der Waals surface area contributed by atoms with Crippen LogP contribution in [-0.2, 0) is 4.79 Å². The van der Waals surface area contributed by atoms with Crippen LogP contribution in [0.5, 0.6) is 11.5 Å². The van der Waals surface area contributed by atoms with Crippen LogP contribution in [0.2, 0.25) is 0 Å². The summed E-state index contributed by atoms with van der Waals surface area (Å²) in [7, 11) is 1.31. The molecule has 1 aromatic heterocycles. The number of ether oxygens (including phenoxy) is 2.